The summed E-state index contributed by atoms with van der Waals surface area (Å²) in [5.41, 5.74) is 4.06. The Morgan fingerprint density at radius 3 is 2.67 bits per heavy atom. The highest BCUT2D eigenvalue weighted by Crippen LogP contribution is 2.28. The minimum absolute atomic E-state index is 0.0450. The molecule has 5 nitrogen and oxygen atoms in total. The average molecular weight is 439 g/mol. The molecular weight excluding hydrogens is 416 g/mol. The fourth-order valence-electron chi connectivity index (χ4n) is 3.31. The Morgan fingerprint density at radius 1 is 1.20 bits per heavy atom. The van der Waals surface area contributed by atoms with E-state index in [0.29, 0.717) is 16.7 Å². The van der Waals surface area contributed by atoms with Crippen molar-refractivity contribution in [2.75, 3.05) is 5.32 Å². The lowest BCUT2D eigenvalue weighted by Gasteiger charge is -2.14. The Bertz CT molecular complexity index is 1190. The molecule has 0 unspecified atom stereocenters. The molecule has 4 aromatic rings. The van der Waals surface area contributed by atoms with E-state index >= 15 is 0 Å². The quantitative estimate of drug-likeness (QED) is 0.436. The first-order valence-corrected chi connectivity index (χ1v) is 11.0. The lowest BCUT2D eigenvalue weighted by Crippen LogP contribution is -2.15. The van der Waals surface area contributed by atoms with Gasteiger partial charge in [0.2, 0.25) is 5.91 Å². The Hall–Kier alpha value is -2.70. The van der Waals surface area contributed by atoms with Crippen LogP contribution >= 0.6 is 22.9 Å². The predicted octanol–water partition coefficient (Wildman–Crippen LogP) is 5.67. The molecule has 0 aliphatic rings. The molecule has 1 aromatic carbocycles. The number of benzene rings is 1. The lowest BCUT2D eigenvalue weighted by atomic mass is 9.93. The van der Waals surface area contributed by atoms with E-state index in [0.717, 1.165) is 27.7 Å². The van der Waals surface area contributed by atoms with Crippen LogP contribution in [0.3, 0.4) is 0 Å². The molecule has 154 valence electrons. The van der Waals surface area contributed by atoms with Crippen molar-refractivity contribution in [3.05, 3.63) is 76.1 Å². The number of aromatic nitrogens is 3. The molecular formula is C23H23ClN4OS. The Kier molecular flexibility index (Phi) is 5.62. The van der Waals surface area contributed by atoms with Crippen molar-refractivity contribution in [2.24, 2.45) is 0 Å². The van der Waals surface area contributed by atoms with Gasteiger partial charge >= 0.3 is 0 Å². The predicted molar refractivity (Wildman–Crippen MR) is 123 cm³/mol. The first kappa shape index (κ1) is 20.6. The van der Waals surface area contributed by atoms with Crippen LogP contribution in [0.1, 0.15) is 37.6 Å². The number of hydrogen-bond donors (Lipinski definition) is 1. The Balaban J connectivity index is 1.58. The third-order valence-corrected chi connectivity index (χ3v) is 5.89. The number of fused-ring (bicyclic) bond motifs is 1. The number of carbonyl (C=O) groups is 1. The van der Waals surface area contributed by atoms with Crippen LogP contribution in [0.2, 0.25) is 5.02 Å². The molecule has 7 heteroatoms. The average Bonchev–Trinajstić information content (AvgIpc) is 3.28. The van der Waals surface area contributed by atoms with Crippen molar-refractivity contribution in [2.45, 2.75) is 39.2 Å². The van der Waals surface area contributed by atoms with Gasteiger partial charge < -0.3 is 9.88 Å². The fraction of sp³-hybridized carbons (Fsp3) is 0.261. The molecule has 1 N–H and O–H groups in total. The normalized spacial score (nSPS) is 11.7. The molecule has 0 radical (unpaired) electrons. The lowest BCUT2D eigenvalue weighted by molar-refractivity contribution is -0.115. The van der Waals surface area contributed by atoms with E-state index in [-0.39, 0.29) is 17.7 Å². The number of nitrogens with zero attached hydrogens (tertiary/aromatic N) is 3. The monoisotopic (exact) mass is 438 g/mol. The molecule has 0 bridgehead atoms. The highest BCUT2D eigenvalue weighted by Gasteiger charge is 2.19. The Morgan fingerprint density at radius 2 is 1.97 bits per heavy atom. The maximum absolute atomic E-state index is 12.7. The number of nitrogens with one attached hydrogen (secondary N) is 1. The van der Waals surface area contributed by atoms with Crippen LogP contribution in [0.4, 0.5) is 5.13 Å². The van der Waals surface area contributed by atoms with Crippen molar-refractivity contribution >= 4 is 44.9 Å². The van der Waals surface area contributed by atoms with Gasteiger partial charge in [-0.3, -0.25) is 9.78 Å². The van der Waals surface area contributed by atoms with Gasteiger partial charge in [-0.05, 0) is 41.5 Å². The van der Waals surface area contributed by atoms with Gasteiger partial charge in [-0.15, -0.1) is 11.3 Å². The van der Waals surface area contributed by atoms with E-state index in [1.165, 1.54) is 11.3 Å². The fourth-order valence-corrected chi connectivity index (χ4v) is 4.44. The molecule has 3 aromatic heterocycles. The number of rotatable bonds is 5. The maximum atomic E-state index is 12.7. The Labute approximate surface area is 184 Å². The summed E-state index contributed by atoms with van der Waals surface area (Å²) in [5, 5.41) is 7.20. The van der Waals surface area contributed by atoms with Crippen molar-refractivity contribution in [1.29, 1.82) is 0 Å². The van der Waals surface area contributed by atoms with Gasteiger partial charge in [0.05, 0.1) is 12.1 Å². The van der Waals surface area contributed by atoms with Crippen molar-refractivity contribution in [3.8, 4) is 0 Å². The van der Waals surface area contributed by atoms with E-state index in [9.17, 15) is 4.79 Å². The molecule has 0 aliphatic heterocycles. The van der Waals surface area contributed by atoms with Crippen LogP contribution < -0.4 is 5.32 Å². The van der Waals surface area contributed by atoms with E-state index < -0.39 is 0 Å². The molecule has 0 spiro atoms. The largest absolute Gasteiger partial charge is 0.343 e. The number of anilines is 1. The van der Waals surface area contributed by atoms with Gasteiger partial charge in [0.25, 0.3) is 0 Å². The third-order valence-electron chi connectivity index (χ3n) is 4.90. The zero-order valence-electron chi connectivity index (χ0n) is 17.1. The van der Waals surface area contributed by atoms with Crippen LogP contribution in [-0.2, 0) is 23.2 Å². The van der Waals surface area contributed by atoms with Gasteiger partial charge in [-0.25, -0.2) is 4.98 Å². The van der Waals surface area contributed by atoms with Gasteiger partial charge in [0.15, 0.2) is 5.13 Å². The molecule has 0 saturated carbocycles. The number of hydrogen-bond acceptors (Lipinski definition) is 4. The summed E-state index contributed by atoms with van der Waals surface area (Å²) < 4.78 is 2.14. The first-order chi connectivity index (χ1) is 14.3. The van der Waals surface area contributed by atoms with Gasteiger partial charge in [-0.1, -0.05) is 32.4 Å². The summed E-state index contributed by atoms with van der Waals surface area (Å²) in [6.45, 7) is 7.02. The number of halogens is 1. The summed E-state index contributed by atoms with van der Waals surface area (Å²) in [6.07, 6.45) is 5.85. The summed E-state index contributed by atoms with van der Waals surface area (Å²) in [4.78, 5) is 21.4. The third kappa shape index (κ3) is 4.55. The standard InChI is InChI=1S/C23H23ClN4OS/c1-23(2,3)20-14-30-22(26-20)27-21(29)10-16-13-28(12-15-6-8-25-9-7-15)19-5-4-17(24)11-18(16)19/h4-9,11,13-14H,10,12H2,1-3H3,(H,26,27,29). The summed E-state index contributed by atoms with van der Waals surface area (Å²) in [7, 11) is 0. The van der Waals surface area contributed by atoms with Gasteiger partial charge in [0, 0.05) is 51.9 Å². The first-order valence-electron chi connectivity index (χ1n) is 9.71. The molecule has 3 heterocycles. The highest BCUT2D eigenvalue weighted by atomic mass is 35.5. The van der Waals surface area contributed by atoms with Crippen LogP contribution in [0.5, 0.6) is 0 Å². The van der Waals surface area contributed by atoms with E-state index in [1.54, 1.807) is 12.4 Å². The molecule has 30 heavy (non-hydrogen) atoms. The molecule has 0 saturated heterocycles. The van der Waals surface area contributed by atoms with Crippen molar-refractivity contribution in [3.63, 3.8) is 0 Å². The van der Waals surface area contributed by atoms with Crippen LogP contribution in [0.15, 0.2) is 54.3 Å². The molecule has 1 amide bonds. The zero-order valence-corrected chi connectivity index (χ0v) is 18.7. The molecule has 0 fully saturated rings. The van der Waals surface area contributed by atoms with Crippen molar-refractivity contribution < 1.29 is 4.79 Å². The summed E-state index contributed by atoms with van der Waals surface area (Å²) >= 11 is 7.70. The number of carbonyl (C=O) groups excluding carboxylic acids is 1. The smallest absolute Gasteiger partial charge is 0.230 e. The molecule has 4 rings (SSSR count). The summed E-state index contributed by atoms with van der Waals surface area (Å²) in [5.74, 6) is -0.0901. The second-order valence-electron chi connectivity index (χ2n) is 8.31. The zero-order chi connectivity index (χ0) is 21.3. The second-order valence-corrected chi connectivity index (χ2v) is 9.61. The minimum Gasteiger partial charge on any atom is -0.343 e. The topological polar surface area (TPSA) is 59.8 Å². The van der Waals surface area contributed by atoms with Crippen LogP contribution in [0.25, 0.3) is 10.9 Å². The second kappa shape index (κ2) is 8.20. The van der Waals surface area contributed by atoms with E-state index in [1.807, 2.05) is 41.9 Å². The molecule has 0 atom stereocenters. The van der Waals surface area contributed by atoms with Gasteiger partial charge in [0.1, 0.15) is 0 Å². The highest BCUT2D eigenvalue weighted by molar-refractivity contribution is 7.13. The van der Waals surface area contributed by atoms with Crippen LogP contribution in [0, 0.1) is 0 Å². The van der Waals surface area contributed by atoms with Crippen LogP contribution in [-0.4, -0.2) is 20.4 Å². The van der Waals surface area contributed by atoms with E-state index in [4.69, 9.17) is 11.6 Å². The minimum atomic E-state index is -0.0901. The summed E-state index contributed by atoms with van der Waals surface area (Å²) in [6, 6.07) is 9.77. The van der Waals surface area contributed by atoms with E-state index in [2.05, 4.69) is 40.6 Å². The maximum Gasteiger partial charge on any atom is 0.230 e. The number of thiazole rings is 1. The van der Waals surface area contributed by atoms with Gasteiger partial charge in [-0.2, -0.15) is 0 Å². The van der Waals surface area contributed by atoms with Crippen molar-refractivity contribution in [1.82, 2.24) is 14.5 Å². The SMILES string of the molecule is CC(C)(C)c1csc(NC(=O)Cc2cn(Cc3ccncc3)c3ccc(Cl)cc23)n1. The number of amides is 1. The molecule has 0 aliphatic carbocycles. The number of pyridine rings is 1.